The van der Waals surface area contributed by atoms with E-state index in [4.69, 9.17) is 4.74 Å². The molecule has 8 nitrogen and oxygen atoms in total. The molecule has 0 saturated carbocycles. The minimum atomic E-state index is -1.17. The number of aromatic nitrogens is 1. The van der Waals surface area contributed by atoms with Crippen molar-refractivity contribution < 1.29 is 19.4 Å². The third kappa shape index (κ3) is 7.02. The molecule has 3 rings (SSSR count). The van der Waals surface area contributed by atoms with Crippen molar-refractivity contribution in [3.05, 3.63) is 66.0 Å². The molecule has 1 aliphatic rings. The van der Waals surface area contributed by atoms with Crippen LogP contribution in [0.25, 0.3) is 0 Å². The number of hydrogen-bond acceptors (Lipinski definition) is 6. The van der Waals surface area contributed by atoms with Crippen molar-refractivity contribution in [3.8, 4) is 0 Å². The average Bonchev–Trinajstić information content (AvgIpc) is 3.15. The largest absolute Gasteiger partial charge is 0.444 e. The van der Waals surface area contributed by atoms with Crippen LogP contribution in [-0.2, 0) is 22.5 Å². The molecule has 1 aromatic carbocycles. The van der Waals surface area contributed by atoms with Crippen LogP contribution in [0.2, 0.25) is 0 Å². The smallest absolute Gasteiger partial charge is 0.407 e. The highest BCUT2D eigenvalue weighted by Crippen LogP contribution is 2.24. The van der Waals surface area contributed by atoms with Crippen molar-refractivity contribution in [1.82, 2.24) is 20.5 Å². The van der Waals surface area contributed by atoms with Gasteiger partial charge in [-0.2, -0.15) is 0 Å². The molecule has 35 heavy (non-hydrogen) atoms. The number of rotatable bonds is 10. The molecule has 1 fully saturated rings. The SMILES string of the molecule is CCC(C)(C)OC(=O)N[C@@H](Cc1ccccc1)[C@H](O)[C@@H]1NC(C(C)C)N(Cc2cccnc2)C1=O. The topological polar surface area (TPSA) is 104 Å². The summed E-state index contributed by atoms with van der Waals surface area (Å²) in [5.74, 6) is -0.0918. The van der Waals surface area contributed by atoms with Gasteiger partial charge in [0.1, 0.15) is 11.6 Å². The summed E-state index contributed by atoms with van der Waals surface area (Å²) >= 11 is 0. The third-order valence-electron chi connectivity index (χ3n) is 6.52. The Bertz CT molecular complexity index is 968. The summed E-state index contributed by atoms with van der Waals surface area (Å²) in [6.45, 7) is 10.0. The molecule has 2 aromatic rings. The maximum Gasteiger partial charge on any atom is 0.407 e. The molecule has 4 atom stereocenters. The van der Waals surface area contributed by atoms with Crippen LogP contribution in [0.15, 0.2) is 54.9 Å². The van der Waals surface area contributed by atoms with E-state index in [1.54, 1.807) is 17.3 Å². The zero-order valence-electron chi connectivity index (χ0n) is 21.3. The normalized spacial score (nSPS) is 20.1. The Morgan fingerprint density at radius 3 is 2.49 bits per heavy atom. The summed E-state index contributed by atoms with van der Waals surface area (Å²) in [6, 6.07) is 11.7. The Labute approximate surface area is 208 Å². The number of carbonyl (C=O) groups is 2. The van der Waals surface area contributed by atoms with Crippen molar-refractivity contribution in [1.29, 1.82) is 0 Å². The maximum atomic E-state index is 13.5. The Hall–Kier alpha value is -2.97. The highest BCUT2D eigenvalue weighted by molar-refractivity contribution is 5.85. The summed E-state index contributed by atoms with van der Waals surface area (Å²) < 4.78 is 5.57. The van der Waals surface area contributed by atoms with Crippen LogP contribution in [0.3, 0.4) is 0 Å². The van der Waals surface area contributed by atoms with Gasteiger partial charge in [-0.15, -0.1) is 0 Å². The Kier molecular flexibility index (Phi) is 8.86. The van der Waals surface area contributed by atoms with Crippen LogP contribution in [0.1, 0.15) is 52.2 Å². The number of ether oxygens (including phenoxy) is 1. The lowest BCUT2D eigenvalue weighted by Gasteiger charge is -2.30. The second-order valence-electron chi connectivity index (χ2n) is 10.1. The van der Waals surface area contributed by atoms with Gasteiger partial charge in [-0.3, -0.25) is 15.1 Å². The molecule has 1 aromatic heterocycles. The van der Waals surface area contributed by atoms with Crippen LogP contribution in [-0.4, -0.2) is 56.9 Å². The van der Waals surface area contributed by atoms with Gasteiger partial charge in [-0.1, -0.05) is 57.2 Å². The molecule has 2 amide bonds. The van der Waals surface area contributed by atoms with Crippen LogP contribution >= 0.6 is 0 Å². The standard InChI is InChI=1S/C27H38N4O4/c1-6-27(4,5)35-26(34)29-21(15-19-11-8-7-9-12-19)23(32)22-25(33)31(24(30-22)18(2)3)17-20-13-10-14-28-16-20/h7-14,16,18,21-24,30,32H,6,15,17H2,1-5H3,(H,29,34)/t21-,22-,23-,24?/m0/s1. The van der Waals surface area contributed by atoms with E-state index in [1.165, 1.54) is 0 Å². The number of aliphatic hydroxyl groups is 1. The molecule has 0 bridgehead atoms. The lowest BCUT2D eigenvalue weighted by molar-refractivity contribution is -0.133. The molecule has 3 N–H and O–H groups in total. The van der Waals surface area contributed by atoms with Crippen LogP contribution < -0.4 is 10.6 Å². The highest BCUT2D eigenvalue weighted by atomic mass is 16.6. The average molecular weight is 483 g/mol. The lowest BCUT2D eigenvalue weighted by atomic mass is 9.96. The summed E-state index contributed by atoms with van der Waals surface area (Å²) in [7, 11) is 0. The quantitative estimate of drug-likeness (QED) is 0.480. The van der Waals surface area contributed by atoms with Crippen molar-refractivity contribution in [2.24, 2.45) is 5.92 Å². The van der Waals surface area contributed by atoms with Crippen molar-refractivity contribution in [3.63, 3.8) is 0 Å². The van der Waals surface area contributed by atoms with Gasteiger partial charge in [0.15, 0.2) is 0 Å². The number of hydrogen-bond donors (Lipinski definition) is 3. The van der Waals surface area contributed by atoms with Gasteiger partial charge in [0.05, 0.1) is 18.3 Å². The molecule has 0 spiro atoms. The zero-order valence-corrected chi connectivity index (χ0v) is 21.3. The van der Waals surface area contributed by atoms with E-state index in [-0.39, 0.29) is 18.0 Å². The second-order valence-corrected chi connectivity index (χ2v) is 10.1. The number of amides is 2. The predicted molar refractivity (Wildman–Crippen MR) is 134 cm³/mol. The number of aliphatic hydroxyl groups excluding tert-OH is 1. The Balaban J connectivity index is 1.82. The van der Waals surface area contributed by atoms with E-state index in [1.807, 2.05) is 77.1 Å². The number of nitrogens with one attached hydrogen (secondary N) is 2. The Morgan fingerprint density at radius 1 is 1.20 bits per heavy atom. The van der Waals surface area contributed by atoms with Crippen LogP contribution in [0.4, 0.5) is 4.79 Å². The molecule has 2 heterocycles. The van der Waals surface area contributed by atoms with Crippen LogP contribution in [0, 0.1) is 5.92 Å². The van der Waals surface area contributed by atoms with E-state index in [0.717, 1.165) is 11.1 Å². The first-order valence-corrected chi connectivity index (χ1v) is 12.3. The molecule has 1 saturated heterocycles. The molecule has 0 radical (unpaired) electrons. The molecule has 1 unspecified atom stereocenters. The Morgan fingerprint density at radius 2 is 1.89 bits per heavy atom. The number of nitrogens with zero attached hydrogens (tertiary/aromatic N) is 2. The molecular weight excluding hydrogens is 444 g/mol. The predicted octanol–water partition coefficient (Wildman–Crippen LogP) is 3.25. The molecule has 190 valence electrons. The van der Waals surface area contributed by atoms with Gasteiger partial charge in [0, 0.05) is 18.9 Å². The minimum Gasteiger partial charge on any atom is -0.444 e. The zero-order chi connectivity index (χ0) is 25.6. The van der Waals surface area contributed by atoms with Crippen molar-refractivity contribution >= 4 is 12.0 Å². The summed E-state index contributed by atoms with van der Waals surface area (Å²) in [6.07, 6.45) is 2.39. The van der Waals surface area contributed by atoms with Gasteiger partial charge in [0.2, 0.25) is 5.91 Å². The van der Waals surface area contributed by atoms with E-state index < -0.39 is 29.9 Å². The van der Waals surface area contributed by atoms with Gasteiger partial charge in [0.25, 0.3) is 0 Å². The number of carbonyl (C=O) groups excluding carboxylic acids is 2. The van der Waals surface area contributed by atoms with E-state index in [0.29, 0.717) is 19.4 Å². The van der Waals surface area contributed by atoms with Crippen molar-refractivity contribution in [2.45, 2.75) is 84.0 Å². The van der Waals surface area contributed by atoms with Gasteiger partial charge in [-0.25, -0.2) is 4.79 Å². The van der Waals surface area contributed by atoms with Crippen LogP contribution in [0.5, 0.6) is 0 Å². The summed E-state index contributed by atoms with van der Waals surface area (Å²) in [5, 5.41) is 17.6. The number of benzene rings is 1. The fourth-order valence-electron chi connectivity index (χ4n) is 4.18. The molecular formula is C27H38N4O4. The van der Waals surface area contributed by atoms with Gasteiger partial charge < -0.3 is 20.1 Å². The second kappa shape index (κ2) is 11.6. The first-order valence-electron chi connectivity index (χ1n) is 12.3. The summed E-state index contributed by atoms with van der Waals surface area (Å²) in [5.41, 5.74) is 1.20. The number of pyridine rings is 1. The molecule has 8 heteroatoms. The third-order valence-corrected chi connectivity index (χ3v) is 6.52. The first kappa shape index (κ1) is 26.6. The monoisotopic (exact) mass is 482 g/mol. The minimum absolute atomic E-state index is 0.115. The van der Waals surface area contributed by atoms with E-state index in [9.17, 15) is 14.7 Å². The van der Waals surface area contributed by atoms with E-state index >= 15 is 0 Å². The van der Waals surface area contributed by atoms with Gasteiger partial charge in [-0.05, 0) is 49.8 Å². The first-order chi connectivity index (χ1) is 16.6. The maximum absolute atomic E-state index is 13.5. The van der Waals surface area contributed by atoms with E-state index in [2.05, 4.69) is 15.6 Å². The number of alkyl carbamates (subject to hydrolysis) is 1. The van der Waals surface area contributed by atoms with Gasteiger partial charge >= 0.3 is 6.09 Å². The lowest BCUT2D eigenvalue weighted by Crippen LogP contribution is -2.55. The molecule has 1 aliphatic heterocycles. The molecule has 0 aliphatic carbocycles. The summed E-state index contributed by atoms with van der Waals surface area (Å²) in [4.78, 5) is 32.1. The van der Waals surface area contributed by atoms with Crippen molar-refractivity contribution in [2.75, 3.05) is 0 Å². The highest BCUT2D eigenvalue weighted by Gasteiger charge is 2.46. The fourth-order valence-corrected chi connectivity index (χ4v) is 4.18. The fraction of sp³-hybridized carbons (Fsp3) is 0.519.